The summed E-state index contributed by atoms with van der Waals surface area (Å²) in [7, 11) is -2.31. The van der Waals surface area contributed by atoms with Crippen LogP contribution in [0, 0.1) is 11.8 Å². The number of hydrogen-bond donors (Lipinski definition) is 3. The SMILES string of the molecule is COC(=O)NC(C(=O)NC1CCCC1CC[C@H]1CNCCN1S(=O)(=O)c1ccccc1)C(c1ccc(Cl)cc1)C1CCOCC1. The van der Waals surface area contributed by atoms with Crippen molar-refractivity contribution < 1.29 is 27.5 Å². The maximum absolute atomic E-state index is 14.1. The van der Waals surface area contributed by atoms with Gasteiger partial charge in [-0.05, 0) is 80.2 Å². The number of rotatable bonds is 11. The van der Waals surface area contributed by atoms with Crippen molar-refractivity contribution in [3.05, 3.63) is 65.2 Å². The molecule has 2 aromatic rings. The second kappa shape index (κ2) is 15.7. The zero-order valence-electron chi connectivity index (χ0n) is 25.8. The molecule has 2 aliphatic heterocycles. The van der Waals surface area contributed by atoms with Gasteiger partial charge in [-0.15, -0.1) is 0 Å². The number of sulfonamides is 1. The Morgan fingerprint density at radius 2 is 1.78 bits per heavy atom. The largest absolute Gasteiger partial charge is 0.453 e. The smallest absolute Gasteiger partial charge is 0.407 e. The van der Waals surface area contributed by atoms with Crippen LogP contribution in [0.4, 0.5) is 4.79 Å². The van der Waals surface area contributed by atoms with Gasteiger partial charge in [-0.25, -0.2) is 13.2 Å². The van der Waals surface area contributed by atoms with E-state index in [2.05, 4.69) is 16.0 Å². The topological polar surface area (TPSA) is 126 Å². The summed E-state index contributed by atoms with van der Waals surface area (Å²) in [5.41, 5.74) is 0.926. The summed E-state index contributed by atoms with van der Waals surface area (Å²) in [6.07, 6.45) is 5.11. The molecule has 5 rings (SSSR count). The van der Waals surface area contributed by atoms with Crippen LogP contribution >= 0.6 is 11.6 Å². The van der Waals surface area contributed by atoms with Gasteiger partial charge < -0.3 is 25.4 Å². The standard InChI is InChI=1S/C33H45ClN4O6S/c1-43-33(40)37-31(30(25-16-20-44-21-17-25)24-10-13-26(34)14-11-24)32(39)36-29-9-5-6-23(29)12-15-27-22-35-18-19-38(27)45(41,42)28-7-3-2-4-8-28/h2-4,7-8,10-11,13-14,23,25,27,29-31,35H,5-6,9,12,15-22H2,1H3,(H,36,39)(H,37,40)/t23?,27-,29?,30?,31?/m0/s1. The summed E-state index contributed by atoms with van der Waals surface area (Å²) in [5.74, 6) is -0.219. The molecule has 45 heavy (non-hydrogen) atoms. The van der Waals surface area contributed by atoms with Gasteiger partial charge in [-0.3, -0.25) is 4.79 Å². The van der Waals surface area contributed by atoms with Crippen LogP contribution in [0.3, 0.4) is 0 Å². The molecule has 0 bridgehead atoms. The van der Waals surface area contributed by atoms with Crippen LogP contribution in [-0.4, -0.2) is 82.8 Å². The predicted octanol–water partition coefficient (Wildman–Crippen LogP) is 4.30. The fourth-order valence-electron chi connectivity index (χ4n) is 7.29. The van der Waals surface area contributed by atoms with E-state index in [1.54, 1.807) is 28.6 Å². The minimum absolute atomic E-state index is 0.0734. The lowest BCUT2D eigenvalue weighted by Gasteiger charge is -2.37. The Labute approximate surface area is 271 Å². The average Bonchev–Trinajstić information content (AvgIpc) is 3.51. The highest BCUT2D eigenvalue weighted by Crippen LogP contribution is 2.37. The van der Waals surface area contributed by atoms with Crippen molar-refractivity contribution in [2.75, 3.05) is 40.0 Å². The second-order valence-electron chi connectivity index (χ2n) is 12.3. The third kappa shape index (κ3) is 8.37. The molecule has 1 aliphatic carbocycles. The maximum Gasteiger partial charge on any atom is 0.407 e. The molecule has 10 nitrogen and oxygen atoms in total. The Kier molecular flexibility index (Phi) is 11.8. The van der Waals surface area contributed by atoms with Gasteiger partial charge in [-0.2, -0.15) is 4.31 Å². The number of benzene rings is 2. The van der Waals surface area contributed by atoms with Gasteiger partial charge in [0, 0.05) is 55.9 Å². The molecule has 3 N–H and O–H groups in total. The highest BCUT2D eigenvalue weighted by atomic mass is 35.5. The summed E-state index contributed by atoms with van der Waals surface area (Å²) < 4.78 is 39.2. The average molecular weight is 661 g/mol. The lowest BCUT2D eigenvalue weighted by atomic mass is 9.76. The fourth-order valence-corrected chi connectivity index (χ4v) is 9.09. The van der Waals surface area contributed by atoms with E-state index in [1.807, 2.05) is 30.3 Å². The van der Waals surface area contributed by atoms with Crippen LogP contribution in [0.1, 0.15) is 56.4 Å². The van der Waals surface area contributed by atoms with E-state index in [0.717, 1.165) is 44.1 Å². The number of halogens is 1. The summed E-state index contributed by atoms with van der Waals surface area (Å²) in [4.78, 5) is 27.0. The van der Waals surface area contributed by atoms with Crippen molar-refractivity contribution in [2.24, 2.45) is 11.8 Å². The molecule has 2 heterocycles. The van der Waals surface area contributed by atoms with Crippen LogP contribution in [-0.2, 0) is 24.3 Å². The van der Waals surface area contributed by atoms with E-state index >= 15 is 0 Å². The first kappa shape index (κ1) is 33.7. The van der Waals surface area contributed by atoms with Crippen LogP contribution in [0.2, 0.25) is 5.02 Å². The second-order valence-corrected chi connectivity index (χ2v) is 14.6. The van der Waals surface area contributed by atoms with Gasteiger partial charge in [0.25, 0.3) is 0 Å². The first-order valence-corrected chi connectivity index (χ1v) is 17.9. The number of ether oxygens (including phenoxy) is 2. The summed E-state index contributed by atoms with van der Waals surface area (Å²) >= 11 is 6.20. The third-order valence-corrected chi connectivity index (χ3v) is 11.9. The van der Waals surface area contributed by atoms with Crippen LogP contribution < -0.4 is 16.0 Å². The lowest BCUT2D eigenvalue weighted by molar-refractivity contribution is -0.125. The minimum Gasteiger partial charge on any atom is -0.453 e. The predicted molar refractivity (Wildman–Crippen MR) is 173 cm³/mol. The molecule has 12 heteroatoms. The summed E-state index contributed by atoms with van der Waals surface area (Å²) in [6, 6.07) is 15.0. The number of hydrogen-bond acceptors (Lipinski definition) is 7. The Morgan fingerprint density at radius 3 is 2.49 bits per heavy atom. The molecule has 3 fully saturated rings. The zero-order valence-corrected chi connectivity index (χ0v) is 27.4. The van der Waals surface area contributed by atoms with E-state index in [0.29, 0.717) is 49.2 Å². The Hall–Kier alpha value is -2.70. The number of amides is 2. The number of alkyl carbamates (subject to hydrolysis) is 1. The number of carbonyl (C=O) groups excluding carboxylic acids is 2. The van der Waals surface area contributed by atoms with Crippen molar-refractivity contribution in [1.29, 1.82) is 0 Å². The maximum atomic E-state index is 14.1. The summed E-state index contributed by atoms with van der Waals surface area (Å²) in [5, 5.41) is 10.1. The quantitative estimate of drug-likeness (QED) is 0.328. The molecule has 0 radical (unpaired) electrons. The molecule has 2 aromatic carbocycles. The lowest BCUT2D eigenvalue weighted by Crippen LogP contribution is -2.55. The molecule has 5 atom stereocenters. The Morgan fingerprint density at radius 1 is 1.04 bits per heavy atom. The molecule has 0 aromatic heterocycles. The van der Waals surface area contributed by atoms with Crippen molar-refractivity contribution in [2.45, 2.75) is 73.9 Å². The Bertz CT molecular complexity index is 1370. The first-order chi connectivity index (χ1) is 21.8. The van der Waals surface area contributed by atoms with E-state index < -0.39 is 22.2 Å². The van der Waals surface area contributed by atoms with Gasteiger partial charge >= 0.3 is 6.09 Å². The highest BCUT2D eigenvalue weighted by molar-refractivity contribution is 7.89. The normalized spacial score (nSPS) is 24.4. The van der Waals surface area contributed by atoms with Crippen molar-refractivity contribution in [3.8, 4) is 0 Å². The Balaban J connectivity index is 1.30. The molecule has 2 saturated heterocycles. The van der Waals surface area contributed by atoms with E-state index in [-0.39, 0.29) is 35.7 Å². The zero-order chi connectivity index (χ0) is 31.8. The molecular weight excluding hydrogens is 616 g/mol. The molecule has 4 unspecified atom stereocenters. The van der Waals surface area contributed by atoms with Crippen LogP contribution in [0.25, 0.3) is 0 Å². The summed E-state index contributed by atoms with van der Waals surface area (Å²) in [6.45, 7) is 2.82. The molecule has 2 amide bonds. The van der Waals surface area contributed by atoms with Crippen molar-refractivity contribution in [3.63, 3.8) is 0 Å². The molecule has 246 valence electrons. The molecule has 3 aliphatic rings. The number of piperazine rings is 1. The highest BCUT2D eigenvalue weighted by Gasteiger charge is 2.40. The molecular formula is C33H45ClN4O6S. The van der Waals surface area contributed by atoms with E-state index in [1.165, 1.54) is 7.11 Å². The molecule has 1 saturated carbocycles. The number of carbonyl (C=O) groups is 2. The minimum atomic E-state index is -3.61. The van der Waals surface area contributed by atoms with Gasteiger partial charge in [0.1, 0.15) is 6.04 Å². The van der Waals surface area contributed by atoms with Crippen LogP contribution in [0.5, 0.6) is 0 Å². The first-order valence-electron chi connectivity index (χ1n) is 16.0. The van der Waals surface area contributed by atoms with Crippen LogP contribution in [0.15, 0.2) is 59.5 Å². The van der Waals surface area contributed by atoms with Gasteiger partial charge in [0.2, 0.25) is 15.9 Å². The number of nitrogens with one attached hydrogen (secondary N) is 3. The van der Waals surface area contributed by atoms with Gasteiger partial charge in [0.05, 0.1) is 12.0 Å². The van der Waals surface area contributed by atoms with E-state index in [4.69, 9.17) is 21.1 Å². The van der Waals surface area contributed by atoms with Crippen molar-refractivity contribution >= 4 is 33.6 Å². The van der Waals surface area contributed by atoms with Crippen molar-refractivity contribution in [1.82, 2.24) is 20.3 Å². The molecule has 0 spiro atoms. The van der Waals surface area contributed by atoms with E-state index in [9.17, 15) is 18.0 Å². The number of methoxy groups -OCH3 is 1. The monoisotopic (exact) mass is 660 g/mol. The fraction of sp³-hybridized carbons (Fsp3) is 0.576. The van der Waals surface area contributed by atoms with Gasteiger partial charge in [0.15, 0.2) is 0 Å². The third-order valence-electron chi connectivity index (χ3n) is 9.63. The van der Waals surface area contributed by atoms with Gasteiger partial charge in [-0.1, -0.05) is 48.4 Å². The number of nitrogens with zero attached hydrogens (tertiary/aromatic N) is 1.